The molecule has 0 spiro atoms. The van der Waals surface area contributed by atoms with Gasteiger partial charge in [-0.1, -0.05) is 6.07 Å². The summed E-state index contributed by atoms with van der Waals surface area (Å²) in [6.07, 6.45) is 0. The van der Waals surface area contributed by atoms with Crippen LogP contribution < -0.4 is 0 Å². The lowest BCUT2D eigenvalue weighted by Gasteiger charge is -2.08. The maximum Gasteiger partial charge on any atom is 0.374 e. The van der Waals surface area contributed by atoms with Crippen LogP contribution in [0.25, 0.3) is 0 Å². The minimum Gasteiger partial charge on any atom is -0.478 e. The van der Waals surface area contributed by atoms with Crippen LogP contribution in [0.4, 0.5) is 0 Å². The fourth-order valence-electron chi connectivity index (χ4n) is 1.32. The Labute approximate surface area is 113 Å². The van der Waals surface area contributed by atoms with E-state index in [1.165, 1.54) is 0 Å². The zero-order valence-corrected chi connectivity index (χ0v) is 10.7. The van der Waals surface area contributed by atoms with Gasteiger partial charge >= 0.3 is 11.9 Å². The van der Waals surface area contributed by atoms with E-state index in [9.17, 15) is 18.0 Å². The number of carboxylic acids is 1. The van der Waals surface area contributed by atoms with Gasteiger partial charge in [0, 0.05) is 0 Å². The summed E-state index contributed by atoms with van der Waals surface area (Å²) in [6.45, 7) is -0.806. The second kappa shape index (κ2) is 6.43. The summed E-state index contributed by atoms with van der Waals surface area (Å²) in [5.41, 5.74) is -1.49. The number of carbonyl (C=O) groups is 2. The number of carbonyl (C=O) groups excluding carboxylic acids is 1. The predicted molar refractivity (Wildman–Crippen MR) is 61.7 cm³/mol. The topological polar surface area (TPSA) is 147 Å². The van der Waals surface area contributed by atoms with Crippen LogP contribution in [0.5, 0.6) is 0 Å². The maximum atomic E-state index is 11.6. The van der Waals surface area contributed by atoms with E-state index in [1.54, 1.807) is 0 Å². The lowest BCUT2D eigenvalue weighted by Crippen LogP contribution is -2.17. The summed E-state index contributed by atoms with van der Waals surface area (Å²) >= 11 is 0. The van der Waals surface area contributed by atoms with Crippen molar-refractivity contribution in [1.82, 2.24) is 0 Å². The molecule has 0 bridgehead atoms. The minimum absolute atomic E-state index is 0.356. The largest absolute Gasteiger partial charge is 0.478 e. The molecule has 0 aliphatic rings. The van der Waals surface area contributed by atoms with Gasteiger partial charge < -0.3 is 10.2 Å². The third kappa shape index (κ3) is 3.74. The van der Waals surface area contributed by atoms with Gasteiger partial charge in [0.05, 0.1) is 17.7 Å². The average molecular weight is 306 g/mol. The highest BCUT2D eigenvalue weighted by molar-refractivity contribution is 7.86. The smallest absolute Gasteiger partial charge is 0.374 e. The Hall–Kier alpha value is -2.01. The summed E-state index contributed by atoms with van der Waals surface area (Å²) in [5, 5.41) is 17.3. The molecule has 0 aromatic heterocycles. The van der Waals surface area contributed by atoms with E-state index in [-0.39, 0.29) is 6.61 Å². The molecule has 1 aromatic rings. The summed E-state index contributed by atoms with van der Waals surface area (Å²) in [7, 11) is -4.97. The highest BCUT2D eigenvalue weighted by Crippen LogP contribution is 2.22. The number of aliphatic hydroxyl groups excluding tert-OH is 1. The van der Waals surface area contributed by atoms with Crippen LogP contribution in [-0.4, -0.2) is 48.3 Å². The molecule has 3 N–H and O–H groups in total. The minimum atomic E-state index is -4.97. The fourth-order valence-corrected chi connectivity index (χ4v) is 2.18. The van der Waals surface area contributed by atoms with Crippen LogP contribution in [0, 0.1) is 0 Å². The molecule has 0 aliphatic heterocycles. The van der Waals surface area contributed by atoms with Crippen LogP contribution in [0.3, 0.4) is 0 Å². The molecule has 0 unspecified atom stereocenters. The van der Waals surface area contributed by atoms with Crippen LogP contribution >= 0.6 is 0 Å². The Morgan fingerprint density at radius 3 is 2.30 bits per heavy atom. The van der Waals surface area contributed by atoms with E-state index in [2.05, 4.69) is 9.78 Å². The normalized spacial score (nSPS) is 11.1. The molecule has 1 rings (SSSR count). The first-order valence-electron chi connectivity index (χ1n) is 5.07. The second-order valence-electron chi connectivity index (χ2n) is 3.38. The van der Waals surface area contributed by atoms with E-state index in [1.807, 2.05) is 0 Å². The van der Waals surface area contributed by atoms with E-state index >= 15 is 0 Å². The molecule has 0 radical (unpaired) electrons. The van der Waals surface area contributed by atoms with E-state index in [0.717, 1.165) is 18.2 Å². The molecule has 0 aliphatic carbocycles. The zero-order valence-electron chi connectivity index (χ0n) is 9.85. The number of carboxylic acid groups (broad SMARTS) is 1. The molecule has 1 aromatic carbocycles. The van der Waals surface area contributed by atoms with Crippen LogP contribution in [0.1, 0.15) is 20.7 Å². The summed E-state index contributed by atoms with van der Waals surface area (Å²) in [4.78, 5) is 29.8. The first kappa shape index (κ1) is 16.0. The van der Waals surface area contributed by atoms with Crippen molar-refractivity contribution < 1.29 is 42.5 Å². The SMILES string of the molecule is O=C(O)c1cccc(C(=O)OOCCO)c1S(=O)(=O)O. The van der Waals surface area contributed by atoms with Gasteiger partial charge in [-0.3, -0.25) is 9.44 Å². The molecule has 110 valence electrons. The van der Waals surface area contributed by atoms with Crippen LogP contribution in [0.2, 0.25) is 0 Å². The Balaban J connectivity index is 3.30. The highest BCUT2D eigenvalue weighted by Gasteiger charge is 2.28. The lowest BCUT2D eigenvalue weighted by atomic mass is 10.1. The molecular weight excluding hydrogens is 296 g/mol. The van der Waals surface area contributed by atoms with Gasteiger partial charge in [-0.15, -0.1) is 0 Å². The Kier molecular flexibility index (Phi) is 5.16. The van der Waals surface area contributed by atoms with Gasteiger partial charge in [-0.25, -0.2) is 9.59 Å². The molecule has 20 heavy (non-hydrogen) atoms. The lowest BCUT2D eigenvalue weighted by molar-refractivity contribution is -0.245. The predicted octanol–water partition coefficient (Wildman–Crippen LogP) is -0.288. The number of benzene rings is 1. The van der Waals surface area contributed by atoms with Crippen molar-refractivity contribution in [2.75, 3.05) is 13.2 Å². The number of hydrogen-bond acceptors (Lipinski definition) is 7. The van der Waals surface area contributed by atoms with Crippen molar-refractivity contribution >= 4 is 22.1 Å². The van der Waals surface area contributed by atoms with Crippen molar-refractivity contribution in [1.29, 1.82) is 0 Å². The van der Waals surface area contributed by atoms with Gasteiger partial charge in [-0.2, -0.15) is 13.3 Å². The first-order chi connectivity index (χ1) is 9.29. The molecule has 0 heterocycles. The zero-order chi connectivity index (χ0) is 15.3. The molecule has 0 fully saturated rings. The van der Waals surface area contributed by atoms with Crippen molar-refractivity contribution in [3.05, 3.63) is 29.3 Å². The summed E-state index contributed by atoms with van der Waals surface area (Å²) in [5.74, 6) is -2.97. The number of hydrogen-bond donors (Lipinski definition) is 3. The first-order valence-corrected chi connectivity index (χ1v) is 6.51. The van der Waals surface area contributed by atoms with Crippen molar-refractivity contribution in [3.8, 4) is 0 Å². The van der Waals surface area contributed by atoms with Gasteiger partial charge in [0.1, 0.15) is 11.5 Å². The maximum absolute atomic E-state index is 11.6. The van der Waals surface area contributed by atoms with E-state index in [0.29, 0.717) is 0 Å². The summed E-state index contributed by atoms with van der Waals surface area (Å²) in [6, 6.07) is 2.94. The van der Waals surface area contributed by atoms with Gasteiger partial charge in [0.25, 0.3) is 10.1 Å². The molecule has 0 saturated carbocycles. The van der Waals surface area contributed by atoms with Crippen molar-refractivity contribution in [2.24, 2.45) is 0 Å². The van der Waals surface area contributed by atoms with Crippen LogP contribution in [-0.2, 0) is 19.9 Å². The summed E-state index contributed by atoms with van der Waals surface area (Å²) < 4.78 is 31.5. The number of rotatable bonds is 6. The molecule has 0 saturated heterocycles. The monoisotopic (exact) mass is 306 g/mol. The van der Waals surface area contributed by atoms with Crippen LogP contribution in [0.15, 0.2) is 23.1 Å². The van der Waals surface area contributed by atoms with Crippen molar-refractivity contribution in [2.45, 2.75) is 4.90 Å². The standard InChI is InChI=1S/C10H10O9S/c11-4-5-18-19-10(14)7-3-1-2-6(9(12)13)8(7)20(15,16)17/h1-3,11H,4-5H2,(H,12,13)(H,15,16,17). The molecule has 9 nitrogen and oxygen atoms in total. The Morgan fingerprint density at radius 2 is 1.80 bits per heavy atom. The third-order valence-electron chi connectivity index (χ3n) is 2.03. The van der Waals surface area contributed by atoms with E-state index < -0.39 is 44.7 Å². The number of aromatic carboxylic acids is 1. The molecular formula is C10H10O9S. The van der Waals surface area contributed by atoms with Gasteiger partial charge in [0.2, 0.25) is 0 Å². The highest BCUT2D eigenvalue weighted by atomic mass is 32.2. The van der Waals surface area contributed by atoms with Gasteiger partial charge in [0.15, 0.2) is 0 Å². The molecule has 10 heteroatoms. The Morgan fingerprint density at radius 1 is 1.20 bits per heavy atom. The average Bonchev–Trinajstić information content (AvgIpc) is 2.36. The quantitative estimate of drug-likeness (QED) is 0.279. The number of aliphatic hydroxyl groups is 1. The third-order valence-corrected chi connectivity index (χ3v) is 2.99. The van der Waals surface area contributed by atoms with Crippen molar-refractivity contribution in [3.63, 3.8) is 0 Å². The fraction of sp³-hybridized carbons (Fsp3) is 0.200. The van der Waals surface area contributed by atoms with Gasteiger partial charge in [-0.05, 0) is 12.1 Å². The molecule has 0 atom stereocenters. The second-order valence-corrected chi connectivity index (χ2v) is 4.74. The molecule has 0 amide bonds. The van der Waals surface area contributed by atoms with E-state index in [4.69, 9.17) is 14.8 Å². The Bertz CT molecular complexity index is 620.